The second-order valence-corrected chi connectivity index (χ2v) is 8.05. The van der Waals surface area contributed by atoms with Gasteiger partial charge >= 0.3 is 0 Å². The lowest BCUT2D eigenvalue weighted by atomic mass is 9.81. The highest BCUT2D eigenvalue weighted by molar-refractivity contribution is 7.13. The lowest BCUT2D eigenvalue weighted by Gasteiger charge is -2.34. The van der Waals surface area contributed by atoms with Crippen molar-refractivity contribution in [2.24, 2.45) is 11.3 Å². The zero-order chi connectivity index (χ0) is 15.5. The van der Waals surface area contributed by atoms with Gasteiger partial charge in [-0.1, -0.05) is 20.8 Å². The van der Waals surface area contributed by atoms with Crippen LogP contribution in [0.5, 0.6) is 0 Å². The summed E-state index contributed by atoms with van der Waals surface area (Å²) in [6.07, 6.45) is 3.11. The molecular weight excluding hydrogens is 353 g/mol. The van der Waals surface area contributed by atoms with Gasteiger partial charge in [0, 0.05) is 6.54 Å². The van der Waals surface area contributed by atoms with Crippen molar-refractivity contribution in [2.75, 3.05) is 19.6 Å². The largest absolute Gasteiger partial charge is 0.351 e. The van der Waals surface area contributed by atoms with Gasteiger partial charge in [0.2, 0.25) is 0 Å². The first-order valence-corrected chi connectivity index (χ1v) is 8.66. The van der Waals surface area contributed by atoms with Crippen LogP contribution in [0, 0.1) is 18.3 Å². The molecule has 1 aliphatic heterocycles. The summed E-state index contributed by atoms with van der Waals surface area (Å²) in [5, 5.41) is 7.49. The maximum Gasteiger partial charge on any atom is 0.263 e. The van der Waals surface area contributed by atoms with Gasteiger partial charge in [0.25, 0.3) is 5.91 Å². The fourth-order valence-corrected chi connectivity index (χ4v) is 3.62. The van der Waals surface area contributed by atoms with Crippen molar-refractivity contribution >= 4 is 42.1 Å². The van der Waals surface area contributed by atoms with Crippen LogP contribution >= 0.6 is 36.2 Å². The Bertz CT molecular complexity index is 500. The Morgan fingerprint density at radius 1 is 1.35 bits per heavy atom. The number of aromatic nitrogens is 1. The third-order valence-electron chi connectivity index (χ3n) is 4.10. The fourth-order valence-electron chi connectivity index (χ4n) is 2.75. The van der Waals surface area contributed by atoms with E-state index in [9.17, 15) is 4.79 Å². The highest BCUT2D eigenvalue weighted by Crippen LogP contribution is 2.27. The maximum atomic E-state index is 12.5. The Kier molecular flexibility index (Phi) is 9.67. The number of piperidine rings is 1. The number of thiazole rings is 1. The van der Waals surface area contributed by atoms with Gasteiger partial charge in [0.05, 0.1) is 10.7 Å². The zero-order valence-electron chi connectivity index (χ0n) is 14.4. The fraction of sp³-hybridized carbons (Fsp3) is 0.750. The van der Waals surface area contributed by atoms with Gasteiger partial charge in [0.1, 0.15) is 4.88 Å². The topological polar surface area (TPSA) is 54.0 Å². The van der Waals surface area contributed by atoms with E-state index < -0.39 is 0 Å². The molecule has 1 aliphatic rings. The molecule has 1 fully saturated rings. The first-order valence-electron chi connectivity index (χ1n) is 7.85. The van der Waals surface area contributed by atoms with Crippen molar-refractivity contribution in [1.29, 1.82) is 0 Å². The van der Waals surface area contributed by atoms with E-state index in [1.807, 2.05) is 6.92 Å². The summed E-state index contributed by atoms with van der Waals surface area (Å²) < 4.78 is 0. The standard InChI is InChI=1S/C16H27N3OS.2ClH/c1-11(2)9-13-14(21-12(3)19-13)15(20)18-10-16(4)5-7-17-8-6-16;;/h11,17H,5-10H2,1-4H3,(H,18,20);2*1H. The van der Waals surface area contributed by atoms with Gasteiger partial charge < -0.3 is 10.6 Å². The lowest BCUT2D eigenvalue weighted by Crippen LogP contribution is -2.42. The van der Waals surface area contributed by atoms with E-state index in [1.54, 1.807) is 0 Å². The van der Waals surface area contributed by atoms with Crippen molar-refractivity contribution in [1.82, 2.24) is 15.6 Å². The smallest absolute Gasteiger partial charge is 0.263 e. The van der Waals surface area contributed by atoms with Gasteiger partial charge in [-0.15, -0.1) is 36.2 Å². The summed E-state index contributed by atoms with van der Waals surface area (Å²) in [6.45, 7) is 11.4. The summed E-state index contributed by atoms with van der Waals surface area (Å²) in [6, 6.07) is 0. The third kappa shape index (κ3) is 6.57. The number of carbonyl (C=O) groups is 1. The van der Waals surface area contributed by atoms with Crippen molar-refractivity contribution in [2.45, 2.75) is 47.0 Å². The number of nitrogens with one attached hydrogen (secondary N) is 2. The van der Waals surface area contributed by atoms with Crippen LogP contribution in [0.15, 0.2) is 0 Å². The molecule has 1 amide bonds. The molecule has 1 aromatic heterocycles. The minimum absolute atomic E-state index is 0. The van der Waals surface area contributed by atoms with Crippen LogP contribution < -0.4 is 10.6 Å². The first kappa shape index (κ1) is 22.6. The van der Waals surface area contributed by atoms with Crippen LogP contribution in [0.3, 0.4) is 0 Å². The quantitative estimate of drug-likeness (QED) is 0.818. The highest BCUT2D eigenvalue weighted by atomic mass is 35.5. The predicted octanol–water partition coefficient (Wildman–Crippen LogP) is 3.61. The molecule has 2 rings (SSSR count). The summed E-state index contributed by atoms with van der Waals surface area (Å²) in [5.41, 5.74) is 1.18. The summed E-state index contributed by atoms with van der Waals surface area (Å²) >= 11 is 1.51. The molecule has 0 spiro atoms. The number of carbonyl (C=O) groups excluding carboxylic acids is 1. The van der Waals surface area contributed by atoms with Gasteiger partial charge in [-0.25, -0.2) is 4.98 Å². The van der Waals surface area contributed by atoms with Crippen molar-refractivity contribution in [3.05, 3.63) is 15.6 Å². The minimum atomic E-state index is 0. The molecule has 4 nitrogen and oxygen atoms in total. The van der Waals surface area contributed by atoms with Crippen LogP contribution in [-0.2, 0) is 6.42 Å². The molecule has 2 heterocycles. The molecule has 0 bridgehead atoms. The average Bonchev–Trinajstić information content (AvgIpc) is 2.77. The average molecular weight is 382 g/mol. The Morgan fingerprint density at radius 3 is 2.52 bits per heavy atom. The Balaban J connectivity index is 0.00000242. The van der Waals surface area contributed by atoms with E-state index in [0.29, 0.717) is 5.92 Å². The molecule has 1 saturated heterocycles. The molecule has 134 valence electrons. The van der Waals surface area contributed by atoms with E-state index in [4.69, 9.17) is 0 Å². The number of hydrogen-bond donors (Lipinski definition) is 2. The third-order valence-corrected chi connectivity index (χ3v) is 5.11. The Morgan fingerprint density at radius 2 is 1.96 bits per heavy atom. The lowest BCUT2D eigenvalue weighted by molar-refractivity contribution is 0.0925. The molecule has 0 atom stereocenters. The number of halogens is 2. The van der Waals surface area contributed by atoms with Crippen LogP contribution in [0.1, 0.15) is 54.0 Å². The van der Waals surface area contributed by atoms with Gasteiger partial charge in [-0.3, -0.25) is 4.79 Å². The van der Waals surface area contributed by atoms with Crippen LogP contribution in [-0.4, -0.2) is 30.5 Å². The highest BCUT2D eigenvalue weighted by Gasteiger charge is 2.28. The van der Waals surface area contributed by atoms with E-state index in [0.717, 1.165) is 54.5 Å². The molecule has 0 unspecified atom stereocenters. The van der Waals surface area contributed by atoms with Crippen molar-refractivity contribution in [3.63, 3.8) is 0 Å². The van der Waals surface area contributed by atoms with Crippen LogP contribution in [0.2, 0.25) is 0 Å². The number of hydrogen-bond acceptors (Lipinski definition) is 4. The van der Waals surface area contributed by atoms with Crippen molar-refractivity contribution < 1.29 is 4.79 Å². The summed E-state index contributed by atoms with van der Waals surface area (Å²) in [5.74, 6) is 0.566. The van der Waals surface area contributed by atoms with Gasteiger partial charge in [0.15, 0.2) is 0 Å². The first-order chi connectivity index (χ1) is 9.89. The molecule has 0 aromatic carbocycles. The molecule has 0 saturated carbocycles. The maximum absolute atomic E-state index is 12.5. The minimum Gasteiger partial charge on any atom is -0.351 e. The molecular formula is C16H29Cl2N3OS. The van der Waals surface area contributed by atoms with E-state index in [1.165, 1.54) is 11.3 Å². The number of aryl methyl sites for hydroxylation is 1. The number of rotatable bonds is 5. The monoisotopic (exact) mass is 381 g/mol. The van der Waals surface area contributed by atoms with Gasteiger partial charge in [-0.05, 0) is 50.6 Å². The molecule has 2 N–H and O–H groups in total. The zero-order valence-corrected chi connectivity index (χ0v) is 16.8. The molecule has 0 aliphatic carbocycles. The second-order valence-electron chi connectivity index (χ2n) is 6.85. The van der Waals surface area contributed by atoms with Crippen LogP contribution in [0.25, 0.3) is 0 Å². The normalized spacial score (nSPS) is 16.4. The Hall–Kier alpha value is -0.360. The number of nitrogens with zero attached hydrogens (tertiary/aromatic N) is 1. The van der Waals surface area contributed by atoms with E-state index in [-0.39, 0.29) is 36.1 Å². The summed E-state index contributed by atoms with van der Waals surface area (Å²) in [4.78, 5) is 17.8. The predicted molar refractivity (Wildman–Crippen MR) is 102 cm³/mol. The second kappa shape index (κ2) is 9.82. The van der Waals surface area contributed by atoms with E-state index in [2.05, 4.69) is 36.4 Å². The van der Waals surface area contributed by atoms with Crippen LogP contribution in [0.4, 0.5) is 0 Å². The Labute approximate surface area is 156 Å². The SMILES string of the molecule is Cc1nc(CC(C)C)c(C(=O)NCC2(C)CCNCC2)s1.Cl.Cl. The molecule has 7 heteroatoms. The van der Waals surface area contributed by atoms with Crippen molar-refractivity contribution in [3.8, 4) is 0 Å². The van der Waals surface area contributed by atoms with Gasteiger partial charge in [-0.2, -0.15) is 0 Å². The molecule has 1 aromatic rings. The number of amides is 1. The summed E-state index contributed by atoms with van der Waals surface area (Å²) in [7, 11) is 0. The molecule has 23 heavy (non-hydrogen) atoms. The van der Waals surface area contributed by atoms with E-state index >= 15 is 0 Å². The molecule has 0 radical (unpaired) electrons.